The van der Waals surface area contributed by atoms with Crippen LogP contribution in [-0.2, 0) is 4.79 Å². The van der Waals surface area contributed by atoms with Crippen LogP contribution in [0.25, 0.3) is 0 Å². The van der Waals surface area contributed by atoms with Gasteiger partial charge in [-0.3, -0.25) is 4.79 Å². The van der Waals surface area contributed by atoms with Crippen molar-refractivity contribution in [3.8, 4) is 23.0 Å². The molecule has 208 valence electrons. The zero-order valence-electron chi connectivity index (χ0n) is 21.5. The lowest BCUT2D eigenvalue weighted by Crippen LogP contribution is -2.24. The van der Waals surface area contributed by atoms with E-state index in [0.29, 0.717) is 28.2 Å². The van der Waals surface area contributed by atoms with E-state index >= 15 is 0 Å². The van der Waals surface area contributed by atoms with Crippen LogP contribution in [0.4, 0.5) is 0 Å². The number of nitrogens with one attached hydrogen (secondary N) is 1. The van der Waals surface area contributed by atoms with Gasteiger partial charge in [0.1, 0.15) is 0 Å². The van der Waals surface area contributed by atoms with E-state index < -0.39 is 17.8 Å². The van der Waals surface area contributed by atoms with Gasteiger partial charge in [0.15, 0.2) is 29.6 Å². The number of amides is 1. The summed E-state index contributed by atoms with van der Waals surface area (Å²) in [6.07, 6.45) is 1.35. The Morgan fingerprint density at radius 1 is 0.732 bits per heavy atom. The van der Waals surface area contributed by atoms with Crippen molar-refractivity contribution in [2.24, 2.45) is 5.10 Å². The average molecular weight is 682 g/mol. The van der Waals surface area contributed by atoms with Crippen LogP contribution in [0.2, 0.25) is 0 Å². The van der Waals surface area contributed by atoms with Crippen molar-refractivity contribution in [2.75, 3.05) is 13.7 Å². The number of benzene rings is 4. The van der Waals surface area contributed by atoms with Gasteiger partial charge in [0.05, 0.1) is 24.5 Å². The molecule has 0 aromatic heterocycles. The number of rotatable bonds is 10. The quantitative estimate of drug-likeness (QED) is 0.0920. The zero-order valence-corrected chi connectivity index (χ0v) is 24.7. The Morgan fingerprint density at radius 3 is 1.88 bits per heavy atom. The minimum atomic E-state index is -0.658. The number of hydrogen-bond acceptors (Lipinski definition) is 8. The molecule has 0 saturated heterocycles. The molecule has 0 bridgehead atoms. The number of para-hydroxylation sites is 2. The Kier molecular flexibility index (Phi) is 10.2. The van der Waals surface area contributed by atoms with Gasteiger partial charge < -0.3 is 18.9 Å². The summed E-state index contributed by atoms with van der Waals surface area (Å²) in [5.74, 6) is -0.881. The van der Waals surface area contributed by atoms with Gasteiger partial charge in [-0.25, -0.2) is 15.0 Å². The molecule has 0 aliphatic heterocycles. The van der Waals surface area contributed by atoms with Gasteiger partial charge in [0.2, 0.25) is 0 Å². The number of carbonyl (C=O) groups is 3. The van der Waals surface area contributed by atoms with Crippen LogP contribution in [0, 0.1) is 0 Å². The summed E-state index contributed by atoms with van der Waals surface area (Å²) in [6, 6.07) is 24.7. The Bertz CT molecular complexity index is 1570. The second-order valence-electron chi connectivity index (χ2n) is 8.23. The summed E-state index contributed by atoms with van der Waals surface area (Å²) in [5.41, 5.74) is 3.42. The molecule has 1 amide bonds. The molecule has 1 N–H and O–H groups in total. The summed E-state index contributed by atoms with van der Waals surface area (Å²) in [5, 5.41) is 3.94. The molecule has 0 spiro atoms. The largest absolute Gasteiger partial charge is 0.493 e. The number of ether oxygens (including phenoxy) is 4. The lowest BCUT2D eigenvalue weighted by Gasteiger charge is -2.12. The highest BCUT2D eigenvalue weighted by Gasteiger charge is 2.17. The maximum atomic E-state index is 12.8. The number of halogens is 2. The first-order chi connectivity index (χ1) is 19.8. The second-order valence-corrected chi connectivity index (χ2v) is 10.1. The highest BCUT2D eigenvalue weighted by atomic mass is 79.9. The van der Waals surface area contributed by atoms with Crippen molar-refractivity contribution >= 4 is 55.9 Å². The molecule has 0 aliphatic rings. The third-order valence-corrected chi connectivity index (χ3v) is 6.42. The molecule has 0 radical (unpaired) electrons. The highest BCUT2D eigenvalue weighted by Crippen LogP contribution is 2.30. The van der Waals surface area contributed by atoms with Crippen molar-refractivity contribution in [1.29, 1.82) is 0 Å². The molecule has 0 atom stereocenters. The number of esters is 2. The minimum absolute atomic E-state index is 0.0156. The zero-order chi connectivity index (χ0) is 29.2. The standard InChI is InChI=1S/C30H22Br2N2O7/c1-38-24-4-2-3-5-25(24)39-18-28(35)34-33-17-19-6-15-26(40-29(36)20-7-11-22(31)12-8-20)27(16-19)41-30(37)21-9-13-23(32)14-10-21/h2-17H,18H2,1H3,(H,34,35)/b33-17+. The van der Waals surface area contributed by atoms with E-state index in [0.717, 1.165) is 8.95 Å². The molecule has 0 aliphatic carbocycles. The van der Waals surface area contributed by atoms with Gasteiger partial charge in [-0.2, -0.15) is 5.10 Å². The smallest absolute Gasteiger partial charge is 0.343 e. The molecule has 0 unspecified atom stereocenters. The molecule has 0 fully saturated rings. The minimum Gasteiger partial charge on any atom is -0.493 e. The number of nitrogens with zero attached hydrogens (tertiary/aromatic N) is 1. The van der Waals surface area contributed by atoms with Crippen molar-refractivity contribution in [2.45, 2.75) is 0 Å². The third kappa shape index (κ3) is 8.50. The van der Waals surface area contributed by atoms with Crippen LogP contribution < -0.4 is 24.4 Å². The fraction of sp³-hybridized carbons (Fsp3) is 0.0667. The molecule has 4 aromatic rings. The van der Waals surface area contributed by atoms with Crippen LogP contribution in [0.3, 0.4) is 0 Å². The predicted molar refractivity (Wildman–Crippen MR) is 159 cm³/mol. The highest BCUT2D eigenvalue weighted by molar-refractivity contribution is 9.10. The Hall–Kier alpha value is -4.48. The number of carbonyl (C=O) groups excluding carboxylic acids is 3. The van der Waals surface area contributed by atoms with Crippen molar-refractivity contribution in [3.63, 3.8) is 0 Å². The third-order valence-electron chi connectivity index (χ3n) is 5.36. The van der Waals surface area contributed by atoms with Gasteiger partial charge in [-0.05, 0) is 84.4 Å². The van der Waals surface area contributed by atoms with E-state index in [4.69, 9.17) is 18.9 Å². The maximum absolute atomic E-state index is 12.8. The lowest BCUT2D eigenvalue weighted by molar-refractivity contribution is -0.123. The van der Waals surface area contributed by atoms with Gasteiger partial charge in [0.25, 0.3) is 5.91 Å². The number of hydrogen-bond donors (Lipinski definition) is 1. The summed E-state index contributed by atoms with van der Waals surface area (Å²) in [7, 11) is 1.50. The first-order valence-electron chi connectivity index (χ1n) is 12.0. The van der Waals surface area contributed by atoms with Crippen molar-refractivity contribution in [3.05, 3.63) is 117 Å². The summed E-state index contributed by atoms with van der Waals surface area (Å²) in [6.45, 7) is -0.293. The lowest BCUT2D eigenvalue weighted by atomic mass is 10.2. The molecule has 4 rings (SSSR count). The summed E-state index contributed by atoms with van der Waals surface area (Å²) in [4.78, 5) is 37.8. The molecule has 11 heteroatoms. The normalized spacial score (nSPS) is 10.6. The number of hydrazone groups is 1. The summed E-state index contributed by atoms with van der Waals surface area (Å²) < 4.78 is 23.4. The van der Waals surface area contributed by atoms with Crippen molar-refractivity contribution < 1.29 is 33.3 Å². The van der Waals surface area contributed by atoms with Gasteiger partial charge in [-0.15, -0.1) is 0 Å². The Balaban J connectivity index is 1.47. The van der Waals surface area contributed by atoms with E-state index in [2.05, 4.69) is 42.4 Å². The topological polar surface area (TPSA) is 113 Å². The SMILES string of the molecule is COc1ccccc1OCC(=O)N/N=C/c1ccc(OC(=O)c2ccc(Br)cc2)c(OC(=O)c2ccc(Br)cc2)c1. The van der Waals surface area contributed by atoms with Gasteiger partial charge in [-0.1, -0.05) is 44.0 Å². The predicted octanol–water partition coefficient (Wildman–Crippen LogP) is 6.19. The van der Waals surface area contributed by atoms with Crippen LogP contribution in [-0.4, -0.2) is 37.8 Å². The van der Waals surface area contributed by atoms with Gasteiger partial charge >= 0.3 is 11.9 Å². The second kappa shape index (κ2) is 14.2. The van der Waals surface area contributed by atoms with Crippen LogP contribution in [0.15, 0.2) is 105 Å². The van der Waals surface area contributed by atoms with Gasteiger partial charge in [0, 0.05) is 8.95 Å². The first kappa shape index (κ1) is 29.5. The molecule has 4 aromatic carbocycles. The number of methoxy groups -OCH3 is 1. The molecule has 0 heterocycles. The van der Waals surface area contributed by atoms with Crippen LogP contribution in [0.1, 0.15) is 26.3 Å². The molecular weight excluding hydrogens is 660 g/mol. The van der Waals surface area contributed by atoms with Crippen LogP contribution in [0.5, 0.6) is 23.0 Å². The molecular formula is C30H22Br2N2O7. The van der Waals surface area contributed by atoms with Crippen molar-refractivity contribution in [1.82, 2.24) is 5.43 Å². The van der Waals surface area contributed by atoms with E-state index in [1.165, 1.54) is 25.5 Å². The molecule has 9 nitrogen and oxygen atoms in total. The van der Waals surface area contributed by atoms with E-state index in [-0.39, 0.29) is 18.1 Å². The monoisotopic (exact) mass is 680 g/mol. The fourth-order valence-corrected chi connectivity index (χ4v) is 3.88. The summed E-state index contributed by atoms with van der Waals surface area (Å²) >= 11 is 6.65. The average Bonchev–Trinajstić information content (AvgIpc) is 2.98. The molecule has 41 heavy (non-hydrogen) atoms. The maximum Gasteiger partial charge on any atom is 0.343 e. The van der Waals surface area contributed by atoms with E-state index in [1.54, 1.807) is 78.9 Å². The first-order valence-corrected chi connectivity index (χ1v) is 13.6. The molecule has 0 saturated carbocycles. The fourth-order valence-electron chi connectivity index (χ4n) is 3.35. The Labute approximate surface area is 252 Å². The Morgan fingerprint density at radius 2 is 1.29 bits per heavy atom. The van der Waals surface area contributed by atoms with E-state index in [9.17, 15) is 14.4 Å². The van der Waals surface area contributed by atoms with E-state index in [1.807, 2.05) is 0 Å². The van der Waals surface area contributed by atoms with Crippen LogP contribution >= 0.6 is 31.9 Å².